The van der Waals surface area contributed by atoms with E-state index in [1.54, 1.807) is 6.07 Å². The third-order valence-corrected chi connectivity index (χ3v) is 5.91. The lowest BCUT2D eigenvalue weighted by Crippen LogP contribution is -2.55. The molecule has 2 atom stereocenters. The van der Waals surface area contributed by atoms with Gasteiger partial charge in [0.05, 0.1) is 5.56 Å². The minimum absolute atomic E-state index is 0.0174. The summed E-state index contributed by atoms with van der Waals surface area (Å²) in [5, 5.41) is 9.05. The zero-order valence-electron chi connectivity index (χ0n) is 16.2. The summed E-state index contributed by atoms with van der Waals surface area (Å²) in [7, 11) is 0. The van der Waals surface area contributed by atoms with Crippen molar-refractivity contribution >= 4 is 11.9 Å². The summed E-state index contributed by atoms with van der Waals surface area (Å²) >= 11 is 0. The van der Waals surface area contributed by atoms with E-state index in [1.165, 1.54) is 12.4 Å². The van der Waals surface area contributed by atoms with E-state index >= 15 is 0 Å². The van der Waals surface area contributed by atoms with Gasteiger partial charge in [0, 0.05) is 36.0 Å². The Labute approximate surface area is 170 Å². The van der Waals surface area contributed by atoms with Gasteiger partial charge in [0.1, 0.15) is 12.7 Å². The largest absolute Gasteiger partial charge is 0.445 e. The van der Waals surface area contributed by atoms with Gasteiger partial charge in [-0.1, -0.05) is 30.3 Å². The van der Waals surface area contributed by atoms with Crippen LogP contribution in [0, 0.1) is 17.2 Å². The van der Waals surface area contributed by atoms with E-state index in [1.807, 2.05) is 41.3 Å². The van der Waals surface area contributed by atoms with Gasteiger partial charge in [-0.2, -0.15) is 5.26 Å². The maximum Gasteiger partial charge on any atom is 0.410 e. The van der Waals surface area contributed by atoms with Crippen molar-refractivity contribution in [2.45, 2.75) is 50.8 Å². The predicted octanol–water partition coefficient (Wildman–Crippen LogP) is 4.11. The van der Waals surface area contributed by atoms with Crippen LogP contribution in [0.2, 0.25) is 0 Å². The Bertz CT molecular complexity index is 924. The van der Waals surface area contributed by atoms with Crippen molar-refractivity contribution < 1.29 is 14.3 Å². The standard InChI is InChI=1S/C23H23N3O3/c24-12-17-9-19(14-25-13-17)22(27)18-10-20-7-4-8-21(11-18)26(20)23(28)29-15-16-5-2-1-3-6-16/h1-3,5-6,9,13-14,18,20-21H,4,7-8,10-11,15H2. The number of pyridine rings is 1. The summed E-state index contributed by atoms with van der Waals surface area (Å²) in [4.78, 5) is 31.7. The molecule has 4 rings (SSSR count). The van der Waals surface area contributed by atoms with Crippen LogP contribution in [0.4, 0.5) is 4.79 Å². The van der Waals surface area contributed by atoms with Gasteiger partial charge in [-0.15, -0.1) is 0 Å². The maximum absolute atomic E-state index is 13.0. The lowest BCUT2D eigenvalue weighted by atomic mass is 9.76. The average Bonchev–Trinajstić information content (AvgIpc) is 2.76. The monoisotopic (exact) mass is 389 g/mol. The second-order valence-electron chi connectivity index (χ2n) is 7.79. The van der Waals surface area contributed by atoms with E-state index < -0.39 is 0 Å². The first-order chi connectivity index (χ1) is 14.2. The van der Waals surface area contributed by atoms with Crippen LogP contribution in [0.15, 0.2) is 48.8 Å². The number of aromatic nitrogens is 1. The van der Waals surface area contributed by atoms with Gasteiger partial charge in [-0.05, 0) is 43.7 Å². The van der Waals surface area contributed by atoms with E-state index in [2.05, 4.69) is 4.98 Å². The maximum atomic E-state index is 13.0. The highest BCUT2D eigenvalue weighted by Crippen LogP contribution is 2.38. The molecule has 0 aliphatic carbocycles. The van der Waals surface area contributed by atoms with Gasteiger partial charge in [0.2, 0.25) is 0 Å². The Kier molecular flexibility index (Phi) is 5.57. The first kappa shape index (κ1) is 19.1. The van der Waals surface area contributed by atoms with Gasteiger partial charge in [0.15, 0.2) is 5.78 Å². The topological polar surface area (TPSA) is 83.3 Å². The number of hydrogen-bond acceptors (Lipinski definition) is 5. The minimum atomic E-state index is -0.289. The molecular weight excluding hydrogens is 366 g/mol. The first-order valence-electron chi connectivity index (χ1n) is 10.0. The number of rotatable bonds is 4. The Hall–Kier alpha value is -3.20. The van der Waals surface area contributed by atoms with E-state index in [-0.39, 0.29) is 36.5 Å². The zero-order chi connectivity index (χ0) is 20.2. The van der Waals surface area contributed by atoms with E-state index in [0.717, 1.165) is 24.8 Å². The van der Waals surface area contributed by atoms with Crippen LogP contribution < -0.4 is 0 Å². The summed E-state index contributed by atoms with van der Waals surface area (Å²) in [6.07, 6.45) is 6.79. The van der Waals surface area contributed by atoms with E-state index in [4.69, 9.17) is 10.00 Å². The van der Waals surface area contributed by atoms with Crippen LogP contribution in [-0.2, 0) is 11.3 Å². The molecule has 2 unspecified atom stereocenters. The molecule has 148 valence electrons. The minimum Gasteiger partial charge on any atom is -0.445 e. The Balaban J connectivity index is 1.44. The SMILES string of the molecule is N#Cc1cncc(C(=O)C2CC3CCCC(C2)N3C(=O)OCc2ccccc2)c1. The molecule has 6 nitrogen and oxygen atoms in total. The molecule has 0 N–H and O–H groups in total. The van der Waals surface area contributed by atoms with Crippen LogP contribution in [-0.4, -0.2) is 33.8 Å². The second kappa shape index (κ2) is 8.44. The summed E-state index contributed by atoms with van der Waals surface area (Å²) in [5.74, 6) is -0.136. The zero-order valence-corrected chi connectivity index (χ0v) is 16.2. The number of ether oxygens (including phenoxy) is 1. The van der Waals surface area contributed by atoms with Gasteiger partial charge in [0.25, 0.3) is 0 Å². The third-order valence-electron chi connectivity index (χ3n) is 5.91. The summed E-state index contributed by atoms with van der Waals surface area (Å²) in [6, 6.07) is 13.3. The summed E-state index contributed by atoms with van der Waals surface area (Å²) < 4.78 is 5.57. The lowest BCUT2D eigenvalue weighted by Gasteiger charge is -2.47. The fourth-order valence-electron chi connectivity index (χ4n) is 4.56. The van der Waals surface area contributed by atoms with Crippen molar-refractivity contribution in [2.24, 2.45) is 5.92 Å². The Morgan fingerprint density at radius 1 is 1.14 bits per heavy atom. The molecule has 0 saturated carbocycles. The van der Waals surface area contributed by atoms with Crippen LogP contribution in [0.5, 0.6) is 0 Å². The highest BCUT2D eigenvalue weighted by Gasteiger charge is 2.43. The number of fused-ring (bicyclic) bond motifs is 2. The number of ketones is 1. The molecule has 2 aromatic rings. The van der Waals surface area contributed by atoms with E-state index in [9.17, 15) is 9.59 Å². The molecule has 2 saturated heterocycles. The third kappa shape index (κ3) is 4.14. The number of piperidine rings is 2. The molecule has 1 aromatic heterocycles. The first-order valence-corrected chi connectivity index (χ1v) is 10.0. The number of amides is 1. The number of carbonyl (C=O) groups is 2. The Morgan fingerprint density at radius 3 is 2.55 bits per heavy atom. The molecule has 6 heteroatoms. The molecule has 1 amide bonds. The van der Waals surface area contributed by atoms with Crippen molar-refractivity contribution in [1.82, 2.24) is 9.88 Å². The number of Topliss-reactive ketones (excluding diaryl/α,β-unsaturated/α-hetero) is 1. The van der Waals surface area contributed by atoms with Crippen molar-refractivity contribution in [3.63, 3.8) is 0 Å². The number of carbonyl (C=O) groups excluding carboxylic acids is 2. The molecule has 1 aromatic carbocycles. The van der Waals surface area contributed by atoms with Crippen molar-refractivity contribution in [3.8, 4) is 6.07 Å². The smallest absolute Gasteiger partial charge is 0.410 e. The molecule has 2 bridgehead atoms. The quantitative estimate of drug-likeness (QED) is 0.735. The highest BCUT2D eigenvalue weighted by molar-refractivity contribution is 5.98. The number of hydrogen-bond donors (Lipinski definition) is 0. The number of nitrogens with zero attached hydrogens (tertiary/aromatic N) is 3. The highest BCUT2D eigenvalue weighted by atomic mass is 16.6. The van der Waals surface area contributed by atoms with Crippen LogP contribution in [0.1, 0.15) is 53.6 Å². The number of nitriles is 1. The van der Waals surface area contributed by atoms with Gasteiger partial charge in [-0.3, -0.25) is 9.78 Å². The Morgan fingerprint density at radius 2 is 1.86 bits per heavy atom. The second-order valence-corrected chi connectivity index (χ2v) is 7.79. The van der Waals surface area contributed by atoms with Gasteiger partial charge >= 0.3 is 6.09 Å². The molecular formula is C23H23N3O3. The van der Waals surface area contributed by atoms with Crippen molar-refractivity contribution in [2.75, 3.05) is 0 Å². The van der Waals surface area contributed by atoms with Crippen molar-refractivity contribution in [3.05, 3.63) is 65.5 Å². The normalized spacial score (nSPS) is 23.1. The summed E-state index contributed by atoms with van der Waals surface area (Å²) in [6.45, 7) is 0.255. The van der Waals surface area contributed by atoms with Crippen LogP contribution in [0.25, 0.3) is 0 Å². The van der Waals surface area contributed by atoms with Crippen LogP contribution >= 0.6 is 0 Å². The molecule has 2 fully saturated rings. The predicted molar refractivity (Wildman–Crippen MR) is 106 cm³/mol. The molecule has 0 spiro atoms. The molecule has 3 heterocycles. The molecule has 2 aliphatic rings. The van der Waals surface area contributed by atoms with Gasteiger partial charge < -0.3 is 9.64 Å². The summed E-state index contributed by atoms with van der Waals surface area (Å²) in [5.41, 5.74) is 1.83. The number of benzene rings is 1. The molecule has 2 aliphatic heterocycles. The van der Waals surface area contributed by atoms with E-state index in [0.29, 0.717) is 24.0 Å². The molecule has 0 radical (unpaired) electrons. The fourth-order valence-corrected chi connectivity index (χ4v) is 4.56. The van der Waals surface area contributed by atoms with Crippen LogP contribution in [0.3, 0.4) is 0 Å². The fraction of sp³-hybridized carbons (Fsp3) is 0.391. The lowest BCUT2D eigenvalue weighted by molar-refractivity contribution is 0.00472. The van der Waals surface area contributed by atoms with Crippen molar-refractivity contribution in [1.29, 1.82) is 5.26 Å². The van der Waals surface area contributed by atoms with Gasteiger partial charge in [-0.25, -0.2) is 4.79 Å². The average molecular weight is 389 g/mol. The molecule has 29 heavy (non-hydrogen) atoms.